The fourth-order valence-corrected chi connectivity index (χ4v) is 2.50. The Kier molecular flexibility index (Phi) is 18.1. The average molecular weight is 365 g/mol. The van der Waals surface area contributed by atoms with Gasteiger partial charge in [0.1, 0.15) is 11.9 Å². The van der Waals surface area contributed by atoms with Crippen molar-refractivity contribution in [1.29, 1.82) is 0 Å². The smallest absolute Gasteiger partial charge is 0.154 e. The van der Waals surface area contributed by atoms with Gasteiger partial charge in [0, 0.05) is 25.6 Å². The minimum Gasteiger partial charge on any atom is -0.394 e. The Bertz CT molecular complexity index is 298. The minimum atomic E-state index is -0.954. The van der Waals surface area contributed by atoms with Crippen molar-refractivity contribution >= 4 is 5.78 Å². The zero-order valence-corrected chi connectivity index (χ0v) is 16.9. The van der Waals surface area contributed by atoms with E-state index >= 15 is 0 Å². The van der Waals surface area contributed by atoms with Crippen molar-refractivity contribution in [2.45, 2.75) is 73.2 Å². The van der Waals surface area contributed by atoms with E-state index in [9.17, 15) is 4.79 Å². The van der Waals surface area contributed by atoms with Gasteiger partial charge in [0.25, 0.3) is 0 Å². The van der Waals surface area contributed by atoms with Crippen LogP contribution in [0.5, 0.6) is 0 Å². The van der Waals surface area contributed by atoms with Crippen LogP contribution in [0.3, 0.4) is 0 Å². The summed E-state index contributed by atoms with van der Waals surface area (Å²) < 4.78 is 10.1. The molecule has 0 aromatic carbocycles. The molecule has 1 aliphatic rings. The first-order valence-electron chi connectivity index (χ1n) is 9.38. The van der Waals surface area contributed by atoms with Gasteiger partial charge >= 0.3 is 0 Å². The molecule has 25 heavy (non-hydrogen) atoms. The van der Waals surface area contributed by atoms with Gasteiger partial charge in [0.15, 0.2) is 6.29 Å². The highest BCUT2D eigenvalue weighted by atomic mass is 16.7. The number of aliphatic hydroxyl groups excluding tert-OH is 3. The maximum absolute atomic E-state index is 11.4. The standard InChI is InChI=1S/C10H18O.C6H14O2.C3H8O3/c1-7(2)9-5-4-8(3)6-10(9)11;1-4-7-6(3)8-5-2;4-1-3(6)2-5/h7-9H,4-6H2,1-3H3;6H,4-5H2,1-3H3;3-6H,1-2H2/t8-,9+;;/m1../s1. The first-order chi connectivity index (χ1) is 11.7. The van der Waals surface area contributed by atoms with Gasteiger partial charge in [-0.15, -0.1) is 0 Å². The fourth-order valence-electron chi connectivity index (χ4n) is 2.50. The molecule has 0 saturated heterocycles. The topological polar surface area (TPSA) is 96.2 Å². The lowest BCUT2D eigenvalue weighted by atomic mass is 9.77. The molecule has 0 aromatic rings. The molecule has 1 fully saturated rings. The average Bonchev–Trinajstić information content (AvgIpc) is 2.55. The van der Waals surface area contributed by atoms with Gasteiger partial charge in [-0.1, -0.05) is 20.8 Å². The number of ketones is 1. The van der Waals surface area contributed by atoms with Gasteiger partial charge in [0.05, 0.1) is 13.2 Å². The molecule has 0 spiro atoms. The Balaban J connectivity index is 0. The summed E-state index contributed by atoms with van der Waals surface area (Å²) in [6, 6.07) is 0. The van der Waals surface area contributed by atoms with Crippen molar-refractivity contribution in [3.8, 4) is 0 Å². The van der Waals surface area contributed by atoms with Crippen LogP contribution in [0, 0.1) is 17.8 Å². The molecule has 0 aliphatic heterocycles. The molecule has 1 saturated carbocycles. The molecule has 0 unspecified atom stereocenters. The third-order valence-corrected chi connectivity index (χ3v) is 3.96. The third kappa shape index (κ3) is 15.4. The number of hydrogen-bond donors (Lipinski definition) is 3. The molecular formula is C19H40O6. The number of carbonyl (C=O) groups excluding carboxylic acids is 1. The quantitative estimate of drug-likeness (QED) is 0.600. The van der Waals surface area contributed by atoms with Crippen LogP contribution in [-0.2, 0) is 14.3 Å². The van der Waals surface area contributed by atoms with E-state index in [1.807, 2.05) is 20.8 Å². The second kappa shape index (κ2) is 16.9. The van der Waals surface area contributed by atoms with Crippen molar-refractivity contribution in [2.24, 2.45) is 17.8 Å². The van der Waals surface area contributed by atoms with E-state index in [4.69, 9.17) is 24.8 Å². The second-order valence-electron chi connectivity index (χ2n) is 6.70. The summed E-state index contributed by atoms with van der Waals surface area (Å²) in [5, 5.41) is 24.0. The van der Waals surface area contributed by atoms with Crippen molar-refractivity contribution in [3.05, 3.63) is 0 Å². The maximum Gasteiger partial charge on any atom is 0.154 e. The van der Waals surface area contributed by atoms with Crippen LogP contribution < -0.4 is 0 Å². The Morgan fingerprint density at radius 2 is 1.52 bits per heavy atom. The molecule has 1 aliphatic carbocycles. The van der Waals surface area contributed by atoms with Crippen LogP contribution in [-0.4, -0.2) is 59.9 Å². The second-order valence-corrected chi connectivity index (χ2v) is 6.70. The number of aliphatic hydroxyl groups is 3. The number of Topliss-reactive ketones (excluding diaryl/α,β-unsaturated/α-hetero) is 1. The molecule has 0 radical (unpaired) electrons. The summed E-state index contributed by atoms with van der Waals surface area (Å²) in [6.07, 6.45) is 2.20. The van der Waals surface area contributed by atoms with Gasteiger partial charge in [-0.2, -0.15) is 0 Å². The molecule has 0 bridgehead atoms. The number of carbonyl (C=O) groups is 1. The first kappa shape index (κ1) is 26.7. The molecule has 6 nitrogen and oxygen atoms in total. The van der Waals surface area contributed by atoms with Gasteiger partial charge < -0.3 is 24.8 Å². The van der Waals surface area contributed by atoms with Crippen LogP contribution in [0.2, 0.25) is 0 Å². The third-order valence-electron chi connectivity index (χ3n) is 3.96. The molecule has 1 rings (SSSR count). The summed E-state index contributed by atoms with van der Waals surface area (Å²) in [5.74, 6) is 2.05. The lowest BCUT2D eigenvalue weighted by Crippen LogP contribution is -2.27. The molecule has 2 atom stereocenters. The lowest BCUT2D eigenvalue weighted by molar-refractivity contribution is -0.127. The van der Waals surface area contributed by atoms with E-state index in [2.05, 4.69) is 20.8 Å². The zero-order valence-electron chi connectivity index (χ0n) is 16.9. The molecular weight excluding hydrogens is 324 g/mol. The van der Waals surface area contributed by atoms with Gasteiger partial charge in [-0.05, 0) is 45.4 Å². The maximum atomic E-state index is 11.4. The Labute approximate surface area is 153 Å². The van der Waals surface area contributed by atoms with Crippen LogP contribution in [0.25, 0.3) is 0 Å². The molecule has 152 valence electrons. The summed E-state index contributed by atoms with van der Waals surface area (Å²) in [7, 11) is 0. The highest BCUT2D eigenvalue weighted by molar-refractivity contribution is 5.82. The van der Waals surface area contributed by atoms with E-state index in [0.717, 1.165) is 26.1 Å². The first-order valence-corrected chi connectivity index (χ1v) is 9.38. The van der Waals surface area contributed by atoms with Crippen molar-refractivity contribution in [2.75, 3.05) is 26.4 Å². The van der Waals surface area contributed by atoms with Crippen LogP contribution in [0.15, 0.2) is 0 Å². The minimum absolute atomic E-state index is 0.0370. The monoisotopic (exact) mass is 364 g/mol. The molecule has 0 heterocycles. The van der Waals surface area contributed by atoms with E-state index in [1.54, 1.807) is 0 Å². The lowest BCUT2D eigenvalue weighted by Gasteiger charge is -2.27. The van der Waals surface area contributed by atoms with Crippen molar-refractivity contribution < 1.29 is 29.6 Å². The fraction of sp³-hybridized carbons (Fsp3) is 0.947. The summed E-state index contributed by atoms with van der Waals surface area (Å²) >= 11 is 0. The van der Waals surface area contributed by atoms with Crippen LogP contribution in [0.4, 0.5) is 0 Å². The summed E-state index contributed by atoms with van der Waals surface area (Å²) in [5.41, 5.74) is 0. The zero-order chi connectivity index (χ0) is 19.8. The predicted molar refractivity (Wildman–Crippen MR) is 99.2 cm³/mol. The normalized spacial score (nSPS) is 20.2. The Hall–Kier alpha value is -0.530. The molecule has 0 aromatic heterocycles. The largest absolute Gasteiger partial charge is 0.394 e. The van der Waals surface area contributed by atoms with Gasteiger partial charge in [-0.3, -0.25) is 4.79 Å². The summed E-state index contributed by atoms with van der Waals surface area (Å²) in [6.45, 7) is 13.0. The predicted octanol–water partition coefficient (Wildman–Crippen LogP) is 2.39. The SMILES string of the molecule is CC(C)[C@@H]1CC[C@@H](C)CC1=O.CCOC(C)OCC.OCC(O)CO. The number of hydrogen-bond acceptors (Lipinski definition) is 6. The Morgan fingerprint density at radius 3 is 1.80 bits per heavy atom. The van der Waals surface area contributed by atoms with E-state index in [1.165, 1.54) is 6.42 Å². The van der Waals surface area contributed by atoms with Gasteiger partial charge in [0.2, 0.25) is 0 Å². The Morgan fingerprint density at radius 1 is 1.04 bits per heavy atom. The molecule has 0 amide bonds. The van der Waals surface area contributed by atoms with Crippen molar-refractivity contribution in [1.82, 2.24) is 0 Å². The molecule has 3 N–H and O–H groups in total. The van der Waals surface area contributed by atoms with Crippen molar-refractivity contribution in [3.63, 3.8) is 0 Å². The van der Waals surface area contributed by atoms with E-state index in [0.29, 0.717) is 23.5 Å². The van der Waals surface area contributed by atoms with Crippen LogP contribution in [0.1, 0.15) is 60.8 Å². The number of rotatable bonds is 7. The summed E-state index contributed by atoms with van der Waals surface area (Å²) in [4.78, 5) is 11.4. The van der Waals surface area contributed by atoms with E-state index < -0.39 is 6.10 Å². The van der Waals surface area contributed by atoms with E-state index in [-0.39, 0.29) is 19.5 Å². The molecule has 6 heteroatoms. The number of ether oxygens (including phenoxy) is 2. The van der Waals surface area contributed by atoms with Crippen LogP contribution >= 0.6 is 0 Å². The van der Waals surface area contributed by atoms with Gasteiger partial charge in [-0.25, -0.2) is 0 Å². The highest BCUT2D eigenvalue weighted by Crippen LogP contribution is 2.29. The highest BCUT2D eigenvalue weighted by Gasteiger charge is 2.27.